The first-order chi connectivity index (χ1) is 10.1. The highest BCUT2D eigenvalue weighted by molar-refractivity contribution is 6.29. The van der Waals surface area contributed by atoms with E-state index in [4.69, 9.17) is 17.3 Å². The van der Waals surface area contributed by atoms with Crippen molar-refractivity contribution in [3.05, 3.63) is 58.9 Å². The van der Waals surface area contributed by atoms with Crippen LogP contribution in [0.15, 0.2) is 42.6 Å². The summed E-state index contributed by atoms with van der Waals surface area (Å²) in [6.45, 7) is 1.97. The Balaban J connectivity index is 1.91. The molecule has 0 aliphatic rings. The van der Waals surface area contributed by atoms with Gasteiger partial charge in [-0.05, 0) is 31.4 Å². The van der Waals surface area contributed by atoms with Crippen molar-refractivity contribution in [3.63, 3.8) is 0 Å². The third-order valence-corrected chi connectivity index (χ3v) is 3.44. The molecular weight excluding hydrogens is 286 g/mol. The van der Waals surface area contributed by atoms with Gasteiger partial charge in [0.1, 0.15) is 5.15 Å². The van der Waals surface area contributed by atoms with Gasteiger partial charge in [0.25, 0.3) is 5.91 Å². The summed E-state index contributed by atoms with van der Waals surface area (Å²) in [6.07, 6.45) is 3.16. The second-order valence-corrected chi connectivity index (χ2v) is 5.38. The molecule has 1 atom stereocenters. The lowest BCUT2D eigenvalue weighted by atomic mass is 10.1. The van der Waals surface area contributed by atoms with Gasteiger partial charge in [-0.2, -0.15) is 0 Å². The Morgan fingerprint density at radius 3 is 2.81 bits per heavy atom. The summed E-state index contributed by atoms with van der Waals surface area (Å²) in [6, 6.07) is 11.7. The predicted octanol–water partition coefficient (Wildman–Crippen LogP) is 3.07. The summed E-state index contributed by atoms with van der Waals surface area (Å²) in [5.74, 6) is -0.225. The maximum atomic E-state index is 12.2. The topological polar surface area (TPSA) is 68.0 Å². The van der Waals surface area contributed by atoms with Crippen LogP contribution in [0.3, 0.4) is 0 Å². The van der Waals surface area contributed by atoms with Gasteiger partial charge >= 0.3 is 0 Å². The summed E-state index contributed by atoms with van der Waals surface area (Å²) in [5.41, 5.74) is 7.69. The third-order valence-electron chi connectivity index (χ3n) is 3.23. The molecule has 1 unspecified atom stereocenters. The van der Waals surface area contributed by atoms with Crippen molar-refractivity contribution >= 4 is 23.2 Å². The van der Waals surface area contributed by atoms with Gasteiger partial charge in [-0.1, -0.05) is 41.9 Å². The number of aromatic nitrogens is 1. The summed E-state index contributed by atoms with van der Waals surface area (Å²) >= 11 is 5.79. The number of nitrogens with two attached hydrogens (primary N) is 1. The number of benzene rings is 1. The van der Waals surface area contributed by atoms with E-state index in [1.807, 2.05) is 25.1 Å². The van der Waals surface area contributed by atoms with Gasteiger partial charge < -0.3 is 11.1 Å². The monoisotopic (exact) mass is 303 g/mol. The van der Waals surface area contributed by atoms with E-state index in [0.717, 1.165) is 12.8 Å². The number of hydrogen-bond acceptors (Lipinski definition) is 3. The van der Waals surface area contributed by atoms with Crippen molar-refractivity contribution in [1.82, 2.24) is 10.3 Å². The number of pyridine rings is 1. The maximum Gasteiger partial charge on any atom is 0.253 e. The molecule has 0 aliphatic heterocycles. The van der Waals surface area contributed by atoms with Crippen LogP contribution in [0.2, 0.25) is 5.15 Å². The van der Waals surface area contributed by atoms with Gasteiger partial charge in [0.15, 0.2) is 0 Å². The number of nitrogens with one attached hydrogen (secondary N) is 1. The molecule has 2 aromatic rings. The average molecular weight is 304 g/mol. The molecular formula is C16H18ClN3O. The van der Waals surface area contributed by atoms with E-state index in [0.29, 0.717) is 11.3 Å². The molecule has 1 aromatic carbocycles. The molecule has 1 heterocycles. The van der Waals surface area contributed by atoms with Crippen LogP contribution in [0.5, 0.6) is 0 Å². The number of rotatable bonds is 5. The quantitative estimate of drug-likeness (QED) is 0.834. The Hall–Kier alpha value is -2.07. The lowest BCUT2D eigenvalue weighted by Gasteiger charge is -2.14. The zero-order valence-electron chi connectivity index (χ0n) is 11.8. The number of halogens is 1. The van der Waals surface area contributed by atoms with E-state index in [1.165, 1.54) is 17.8 Å². The molecule has 0 aliphatic carbocycles. The first-order valence-corrected chi connectivity index (χ1v) is 7.20. The number of nitrogen functional groups attached to an aromatic ring is 1. The zero-order chi connectivity index (χ0) is 15.2. The average Bonchev–Trinajstić information content (AvgIpc) is 2.48. The van der Waals surface area contributed by atoms with E-state index < -0.39 is 0 Å². The van der Waals surface area contributed by atoms with E-state index in [2.05, 4.69) is 22.4 Å². The van der Waals surface area contributed by atoms with Crippen molar-refractivity contribution in [3.8, 4) is 0 Å². The van der Waals surface area contributed by atoms with Crippen LogP contribution in [-0.4, -0.2) is 16.9 Å². The number of aryl methyl sites for hydroxylation is 1. The summed E-state index contributed by atoms with van der Waals surface area (Å²) in [4.78, 5) is 16.0. The Bertz CT molecular complexity index is 616. The van der Waals surface area contributed by atoms with Gasteiger partial charge in [0, 0.05) is 6.04 Å². The second kappa shape index (κ2) is 7.09. The number of nitrogens with zero attached hydrogens (tertiary/aromatic N) is 1. The summed E-state index contributed by atoms with van der Waals surface area (Å²) < 4.78 is 0. The fourth-order valence-corrected chi connectivity index (χ4v) is 2.20. The third kappa shape index (κ3) is 4.46. The molecule has 2 rings (SSSR count). The Kier molecular flexibility index (Phi) is 5.17. The molecule has 21 heavy (non-hydrogen) atoms. The van der Waals surface area contributed by atoms with Gasteiger partial charge in [-0.25, -0.2) is 4.98 Å². The Morgan fingerprint density at radius 2 is 2.10 bits per heavy atom. The molecule has 5 heteroatoms. The highest BCUT2D eigenvalue weighted by Crippen LogP contribution is 2.15. The summed E-state index contributed by atoms with van der Waals surface area (Å²) in [5, 5.41) is 3.18. The number of anilines is 1. The zero-order valence-corrected chi connectivity index (χ0v) is 12.6. The van der Waals surface area contributed by atoms with Crippen molar-refractivity contribution in [1.29, 1.82) is 0 Å². The van der Waals surface area contributed by atoms with Crippen LogP contribution >= 0.6 is 11.6 Å². The van der Waals surface area contributed by atoms with E-state index in [9.17, 15) is 4.79 Å². The molecule has 4 nitrogen and oxygen atoms in total. The molecule has 1 aromatic heterocycles. The van der Waals surface area contributed by atoms with Gasteiger partial charge in [0.2, 0.25) is 0 Å². The van der Waals surface area contributed by atoms with Gasteiger partial charge in [0.05, 0.1) is 17.4 Å². The SMILES string of the molecule is CC(CCc1ccccc1)NC(=O)c1cc(Cl)ncc1N. The minimum absolute atomic E-state index is 0.0454. The van der Waals surface area contributed by atoms with Crippen molar-refractivity contribution in [2.75, 3.05) is 5.73 Å². The molecule has 0 bridgehead atoms. The first kappa shape index (κ1) is 15.3. The molecule has 0 fully saturated rings. The van der Waals surface area contributed by atoms with Crippen LogP contribution in [0.4, 0.5) is 5.69 Å². The molecule has 0 saturated heterocycles. The maximum absolute atomic E-state index is 12.2. The molecule has 1 amide bonds. The minimum Gasteiger partial charge on any atom is -0.397 e. The smallest absolute Gasteiger partial charge is 0.253 e. The Labute approximate surface area is 129 Å². The molecule has 0 saturated carbocycles. The Morgan fingerprint density at radius 1 is 1.38 bits per heavy atom. The molecule has 0 radical (unpaired) electrons. The van der Waals surface area contributed by atoms with Crippen LogP contribution in [-0.2, 0) is 6.42 Å². The number of amides is 1. The lowest BCUT2D eigenvalue weighted by molar-refractivity contribution is 0.0939. The standard InChI is InChI=1S/C16H18ClN3O/c1-11(7-8-12-5-3-2-4-6-12)20-16(21)13-9-15(17)19-10-14(13)18/h2-6,9-11H,7-8,18H2,1H3,(H,20,21). The molecule has 3 N–H and O–H groups in total. The van der Waals surface area contributed by atoms with Crippen LogP contribution < -0.4 is 11.1 Å². The van der Waals surface area contributed by atoms with E-state index in [1.54, 1.807) is 0 Å². The van der Waals surface area contributed by atoms with Crippen molar-refractivity contribution in [2.24, 2.45) is 0 Å². The van der Waals surface area contributed by atoms with Crippen LogP contribution in [0, 0.1) is 0 Å². The normalized spacial score (nSPS) is 11.9. The number of carbonyl (C=O) groups excluding carboxylic acids is 1. The molecule has 110 valence electrons. The highest BCUT2D eigenvalue weighted by atomic mass is 35.5. The number of carbonyl (C=O) groups is 1. The predicted molar refractivity (Wildman–Crippen MR) is 85.4 cm³/mol. The van der Waals surface area contributed by atoms with Crippen LogP contribution in [0.1, 0.15) is 29.3 Å². The summed E-state index contributed by atoms with van der Waals surface area (Å²) in [7, 11) is 0. The lowest BCUT2D eigenvalue weighted by Crippen LogP contribution is -2.33. The van der Waals surface area contributed by atoms with Crippen molar-refractivity contribution in [2.45, 2.75) is 25.8 Å². The second-order valence-electron chi connectivity index (χ2n) is 4.99. The van der Waals surface area contributed by atoms with E-state index >= 15 is 0 Å². The number of hydrogen-bond donors (Lipinski definition) is 2. The minimum atomic E-state index is -0.225. The fraction of sp³-hybridized carbons (Fsp3) is 0.250. The molecule has 0 spiro atoms. The van der Waals surface area contributed by atoms with Crippen molar-refractivity contribution < 1.29 is 4.79 Å². The van der Waals surface area contributed by atoms with Crippen LogP contribution in [0.25, 0.3) is 0 Å². The van der Waals surface area contributed by atoms with E-state index in [-0.39, 0.29) is 17.1 Å². The van der Waals surface area contributed by atoms with Gasteiger partial charge in [-0.3, -0.25) is 4.79 Å². The highest BCUT2D eigenvalue weighted by Gasteiger charge is 2.13. The van der Waals surface area contributed by atoms with Gasteiger partial charge in [-0.15, -0.1) is 0 Å². The largest absolute Gasteiger partial charge is 0.397 e. The first-order valence-electron chi connectivity index (χ1n) is 6.82. The fourth-order valence-electron chi connectivity index (χ4n) is 2.04.